The average Bonchev–Trinajstić information content (AvgIpc) is 2.81. The molecule has 104 valence electrons. The summed E-state index contributed by atoms with van der Waals surface area (Å²) < 4.78 is 28.9. The molecule has 0 radical (unpaired) electrons. The quantitative estimate of drug-likeness (QED) is 0.735. The van der Waals surface area contributed by atoms with Gasteiger partial charge in [0.15, 0.2) is 11.6 Å². The van der Waals surface area contributed by atoms with Gasteiger partial charge in [-0.25, -0.2) is 0 Å². The van der Waals surface area contributed by atoms with Crippen LogP contribution < -0.4 is 0 Å². The molecule has 3 aliphatic heterocycles. The van der Waals surface area contributed by atoms with E-state index in [2.05, 4.69) is 0 Å². The van der Waals surface area contributed by atoms with Gasteiger partial charge in [-0.3, -0.25) is 0 Å². The van der Waals surface area contributed by atoms with Crippen molar-refractivity contribution in [1.29, 1.82) is 0 Å². The second-order valence-electron chi connectivity index (χ2n) is 5.96. The number of hydrogen-bond donors (Lipinski definition) is 1. The molecule has 1 spiro atoms. The fourth-order valence-electron chi connectivity index (χ4n) is 2.88. The van der Waals surface area contributed by atoms with Gasteiger partial charge in [-0.05, 0) is 27.7 Å². The number of ether oxygens (including phenoxy) is 5. The first kappa shape index (κ1) is 12.8. The smallest absolute Gasteiger partial charge is 0.224 e. The highest BCUT2D eigenvalue weighted by Crippen LogP contribution is 2.49. The molecule has 0 aliphatic carbocycles. The lowest BCUT2D eigenvalue weighted by molar-refractivity contribution is -0.298. The van der Waals surface area contributed by atoms with Gasteiger partial charge in [-0.15, -0.1) is 0 Å². The SMILES string of the molecule is CC1(C)O[C@@H]2[C@H](CO)O[C@]3(COC(C)(C)O3)[C@@H]2O1. The van der Waals surface area contributed by atoms with Crippen LogP contribution in [0, 0.1) is 0 Å². The van der Waals surface area contributed by atoms with Crippen molar-refractivity contribution >= 4 is 0 Å². The van der Waals surface area contributed by atoms with Crippen LogP contribution in [-0.4, -0.2) is 54.0 Å². The number of rotatable bonds is 1. The fraction of sp³-hybridized carbons (Fsp3) is 1.00. The summed E-state index contributed by atoms with van der Waals surface area (Å²) in [6.45, 7) is 7.48. The molecule has 18 heavy (non-hydrogen) atoms. The Hall–Kier alpha value is -0.240. The van der Waals surface area contributed by atoms with Crippen LogP contribution in [-0.2, 0) is 23.7 Å². The van der Waals surface area contributed by atoms with Crippen molar-refractivity contribution in [1.82, 2.24) is 0 Å². The molecule has 3 aliphatic rings. The third kappa shape index (κ3) is 1.79. The number of aliphatic hydroxyl groups excluding tert-OH is 1. The van der Waals surface area contributed by atoms with Crippen molar-refractivity contribution in [2.24, 2.45) is 0 Å². The highest BCUT2D eigenvalue weighted by Gasteiger charge is 2.67. The summed E-state index contributed by atoms with van der Waals surface area (Å²) in [5, 5.41) is 9.40. The first-order valence-corrected chi connectivity index (χ1v) is 6.25. The second-order valence-corrected chi connectivity index (χ2v) is 5.96. The van der Waals surface area contributed by atoms with Crippen molar-refractivity contribution in [3.63, 3.8) is 0 Å². The van der Waals surface area contributed by atoms with Gasteiger partial charge in [-0.1, -0.05) is 0 Å². The molecule has 0 aromatic heterocycles. The molecule has 6 heteroatoms. The van der Waals surface area contributed by atoms with Crippen LogP contribution in [0.1, 0.15) is 27.7 Å². The lowest BCUT2D eigenvalue weighted by Crippen LogP contribution is -2.46. The van der Waals surface area contributed by atoms with E-state index in [9.17, 15) is 5.11 Å². The Morgan fingerprint density at radius 1 is 1.06 bits per heavy atom. The minimum absolute atomic E-state index is 0.133. The zero-order chi connectivity index (χ0) is 13.2. The van der Waals surface area contributed by atoms with Gasteiger partial charge >= 0.3 is 0 Å². The van der Waals surface area contributed by atoms with E-state index in [0.717, 1.165) is 0 Å². The predicted octanol–water partition coefficient (Wildman–Crippen LogP) is 0.377. The third-order valence-electron chi connectivity index (χ3n) is 3.50. The summed E-state index contributed by atoms with van der Waals surface area (Å²) in [6.07, 6.45) is -1.16. The summed E-state index contributed by atoms with van der Waals surface area (Å²) in [6, 6.07) is 0. The molecule has 3 saturated heterocycles. The molecule has 4 atom stereocenters. The van der Waals surface area contributed by atoms with E-state index in [4.69, 9.17) is 23.7 Å². The zero-order valence-electron chi connectivity index (χ0n) is 11.1. The second kappa shape index (κ2) is 3.65. The number of hydrogen-bond acceptors (Lipinski definition) is 6. The maximum atomic E-state index is 9.40. The Kier molecular flexibility index (Phi) is 2.59. The summed E-state index contributed by atoms with van der Waals surface area (Å²) in [7, 11) is 0. The Balaban J connectivity index is 1.89. The first-order chi connectivity index (χ1) is 8.27. The van der Waals surface area contributed by atoms with E-state index in [1.165, 1.54) is 0 Å². The van der Waals surface area contributed by atoms with Crippen molar-refractivity contribution < 1.29 is 28.8 Å². The lowest BCUT2D eigenvalue weighted by Gasteiger charge is -2.30. The molecule has 6 nitrogen and oxygen atoms in total. The lowest BCUT2D eigenvalue weighted by atomic mass is 10.1. The van der Waals surface area contributed by atoms with Crippen molar-refractivity contribution in [2.75, 3.05) is 13.2 Å². The minimum Gasteiger partial charge on any atom is -0.394 e. The van der Waals surface area contributed by atoms with Gasteiger partial charge in [0, 0.05) is 0 Å². The fourth-order valence-corrected chi connectivity index (χ4v) is 2.88. The molecular formula is C12H20O6. The van der Waals surface area contributed by atoms with Gasteiger partial charge in [0.25, 0.3) is 0 Å². The van der Waals surface area contributed by atoms with E-state index in [0.29, 0.717) is 0 Å². The number of fused-ring (bicyclic) bond motifs is 2. The third-order valence-corrected chi connectivity index (χ3v) is 3.50. The predicted molar refractivity (Wildman–Crippen MR) is 59.6 cm³/mol. The molecule has 3 fully saturated rings. The first-order valence-electron chi connectivity index (χ1n) is 6.25. The van der Waals surface area contributed by atoms with Gasteiger partial charge in [0.1, 0.15) is 24.9 Å². The zero-order valence-corrected chi connectivity index (χ0v) is 11.1. The molecule has 0 saturated carbocycles. The minimum atomic E-state index is -0.977. The monoisotopic (exact) mass is 260 g/mol. The topological polar surface area (TPSA) is 66.4 Å². The maximum Gasteiger partial charge on any atom is 0.224 e. The van der Waals surface area contributed by atoms with Crippen LogP contribution in [0.2, 0.25) is 0 Å². The van der Waals surface area contributed by atoms with E-state index >= 15 is 0 Å². The maximum absolute atomic E-state index is 9.40. The molecule has 1 N–H and O–H groups in total. The highest BCUT2D eigenvalue weighted by molar-refractivity contribution is 5.05. The summed E-state index contributed by atoms with van der Waals surface area (Å²) in [5.41, 5.74) is 0. The molecule has 0 bridgehead atoms. The van der Waals surface area contributed by atoms with Crippen molar-refractivity contribution in [2.45, 2.75) is 63.4 Å². The van der Waals surface area contributed by atoms with E-state index in [-0.39, 0.29) is 25.4 Å². The van der Waals surface area contributed by atoms with Crippen LogP contribution in [0.15, 0.2) is 0 Å². The molecular weight excluding hydrogens is 240 g/mol. The van der Waals surface area contributed by atoms with Gasteiger partial charge in [-0.2, -0.15) is 0 Å². The van der Waals surface area contributed by atoms with Gasteiger partial charge < -0.3 is 28.8 Å². The van der Waals surface area contributed by atoms with E-state index in [1.54, 1.807) is 0 Å². The number of aliphatic hydroxyl groups is 1. The van der Waals surface area contributed by atoms with Crippen LogP contribution >= 0.6 is 0 Å². The molecule has 3 heterocycles. The summed E-state index contributed by atoms with van der Waals surface area (Å²) in [5.74, 6) is -2.39. The molecule has 0 unspecified atom stereocenters. The molecule has 0 amide bonds. The van der Waals surface area contributed by atoms with Crippen LogP contribution in [0.5, 0.6) is 0 Å². The summed E-state index contributed by atoms with van der Waals surface area (Å²) >= 11 is 0. The normalized spacial score (nSPS) is 48.8. The average molecular weight is 260 g/mol. The Morgan fingerprint density at radius 3 is 2.33 bits per heavy atom. The van der Waals surface area contributed by atoms with Crippen LogP contribution in [0.4, 0.5) is 0 Å². The van der Waals surface area contributed by atoms with Crippen LogP contribution in [0.3, 0.4) is 0 Å². The Morgan fingerprint density at radius 2 is 1.78 bits per heavy atom. The van der Waals surface area contributed by atoms with E-state index in [1.807, 2.05) is 27.7 Å². The standard InChI is InChI=1S/C12H20O6/c1-10(2)14-6-12(18-10)9-8(7(5-13)15-12)16-11(3,4)17-9/h7-9,13H,5-6H2,1-4H3/t7-,8+,9+,12-/m0/s1. The highest BCUT2D eigenvalue weighted by atomic mass is 16.9. The van der Waals surface area contributed by atoms with Crippen molar-refractivity contribution in [3.8, 4) is 0 Å². The van der Waals surface area contributed by atoms with Crippen LogP contribution in [0.25, 0.3) is 0 Å². The summed E-state index contributed by atoms with van der Waals surface area (Å²) in [4.78, 5) is 0. The van der Waals surface area contributed by atoms with E-state index < -0.39 is 23.5 Å². The molecule has 0 aromatic rings. The van der Waals surface area contributed by atoms with Gasteiger partial charge in [0.2, 0.25) is 5.79 Å². The Labute approximate surface area is 106 Å². The molecule has 3 rings (SSSR count). The van der Waals surface area contributed by atoms with Crippen molar-refractivity contribution in [3.05, 3.63) is 0 Å². The molecule has 0 aromatic carbocycles. The van der Waals surface area contributed by atoms with Gasteiger partial charge in [0.05, 0.1) is 6.61 Å². The largest absolute Gasteiger partial charge is 0.394 e. The Bertz CT molecular complexity index is 354.